The van der Waals surface area contributed by atoms with E-state index in [9.17, 15) is 0 Å². The van der Waals surface area contributed by atoms with Gasteiger partial charge in [-0.2, -0.15) is 5.10 Å². The minimum absolute atomic E-state index is 0.356. The molecule has 0 aliphatic heterocycles. The van der Waals surface area contributed by atoms with Crippen molar-refractivity contribution in [3.05, 3.63) is 18.0 Å². The summed E-state index contributed by atoms with van der Waals surface area (Å²) in [6, 6.07) is 0.356. The fraction of sp³-hybridized carbons (Fsp3) is 0.700. The van der Waals surface area contributed by atoms with Gasteiger partial charge in [-0.05, 0) is 37.7 Å². The van der Waals surface area contributed by atoms with Crippen molar-refractivity contribution >= 4 is 0 Å². The van der Waals surface area contributed by atoms with E-state index in [1.165, 1.54) is 18.4 Å². The van der Waals surface area contributed by atoms with Gasteiger partial charge in [0.05, 0.1) is 6.20 Å². The van der Waals surface area contributed by atoms with Gasteiger partial charge in [0.1, 0.15) is 0 Å². The molecule has 1 saturated carbocycles. The van der Waals surface area contributed by atoms with Crippen LogP contribution in [-0.4, -0.2) is 15.8 Å². The lowest BCUT2D eigenvalue weighted by Crippen LogP contribution is -2.24. The van der Waals surface area contributed by atoms with Gasteiger partial charge in [-0.1, -0.05) is 0 Å². The van der Waals surface area contributed by atoms with Crippen LogP contribution in [0.1, 0.15) is 25.3 Å². The molecule has 1 fully saturated rings. The van der Waals surface area contributed by atoms with Crippen LogP contribution in [0.15, 0.2) is 12.4 Å². The van der Waals surface area contributed by atoms with E-state index >= 15 is 0 Å². The third-order valence-electron chi connectivity index (χ3n) is 2.71. The molecule has 1 atom stereocenters. The van der Waals surface area contributed by atoms with E-state index in [1.54, 1.807) is 0 Å². The molecule has 0 bridgehead atoms. The van der Waals surface area contributed by atoms with Gasteiger partial charge in [-0.25, -0.2) is 0 Å². The summed E-state index contributed by atoms with van der Waals surface area (Å²) in [5.74, 6) is 0.782. The Bertz CT molecular complexity index is 275. The van der Waals surface area contributed by atoms with Crippen LogP contribution in [0.4, 0.5) is 0 Å². The number of hydrogen-bond donors (Lipinski definition) is 1. The van der Waals surface area contributed by atoms with Crippen LogP contribution in [0, 0.1) is 5.92 Å². The molecule has 3 nitrogen and oxygen atoms in total. The highest BCUT2D eigenvalue weighted by Crippen LogP contribution is 2.32. The molecule has 1 aliphatic carbocycles. The molecule has 1 aromatic rings. The Hall–Kier alpha value is -0.830. The Morgan fingerprint density at radius 2 is 2.46 bits per heavy atom. The van der Waals surface area contributed by atoms with Crippen LogP contribution < -0.4 is 5.73 Å². The van der Waals surface area contributed by atoms with Gasteiger partial charge < -0.3 is 5.73 Å². The van der Waals surface area contributed by atoms with E-state index in [0.717, 1.165) is 18.9 Å². The average Bonchev–Trinajstić information content (AvgIpc) is 2.88. The molecule has 0 amide bonds. The van der Waals surface area contributed by atoms with Gasteiger partial charge in [-0.3, -0.25) is 4.68 Å². The van der Waals surface area contributed by atoms with Crippen molar-refractivity contribution in [3.8, 4) is 0 Å². The van der Waals surface area contributed by atoms with E-state index in [4.69, 9.17) is 5.73 Å². The quantitative estimate of drug-likeness (QED) is 0.754. The Labute approximate surface area is 78.9 Å². The van der Waals surface area contributed by atoms with Crippen LogP contribution in [0.25, 0.3) is 0 Å². The molecule has 2 N–H and O–H groups in total. The second kappa shape index (κ2) is 3.50. The summed E-state index contributed by atoms with van der Waals surface area (Å²) in [5, 5.41) is 4.23. The maximum absolute atomic E-state index is 6.02. The van der Waals surface area contributed by atoms with Crippen LogP contribution in [0.3, 0.4) is 0 Å². The maximum atomic E-state index is 6.02. The first-order chi connectivity index (χ1) is 6.29. The second-order valence-corrected chi connectivity index (χ2v) is 3.91. The van der Waals surface area contributed by atoms with E-state index in [1.807, 2.05) is 10.9 Å². The van der Waals surface area contributed by atoms with Crippen molar-refractivity contribution in [2.45, 2.75) is 38.8 Å². The smallest absolute Gasteiger partial charge is 0.0522 e. The summed E-state index contributed by atoms with van der Waals surface area (Å²) in [6.45, 7) is 3.04. The number of aryl methyl sites for hydroxylation is 1. The molecule has 1 heterocycles. The molecule has 0 radical (unpaired) electrons. The summed E-state index contributed by atoms with van der Waals surface area (Å²) in [4.78, 5) is 0. The lowest BCUT2D eigenvalue weighted by molar-refractivity contribution is 0.590. The molecule has 0 saturated heterocycles. The van der Waals surface area contributed by atoms with Gasteiger partial charge in [0.15, 0.2) is 0 Å². The zero-order valence-electron chi connectivity index (χ0n) is 8.11. The summed E-state index contributed by atoms with van der Waals surface area (Å²) in [6.07, 6.45) is 7.67. The number of hydrogen-bond acceptors (Lipinski definition) is 2. The minimum atomic E-state index is 0.356. The molecule has 13 heavy (non-hydrogen) atoms. The number of rotatable bonds is 4. The molecule has 72 valence electrons. The van der Waals surface area contributed by atoms with Crippen molar-refractivity contribution < 1.29 is 0 Å². The van der Waals surface area contributed by atoms with E-state index in [-0.39, 0.29) is 0 Å². The molecule has 0 aromatic carbocycles. The number of aromatic nitrogens is 2. The highest BCUT2D eigenvalue weighted by Gasteiger charge is 2.28. The largest absolute Gasteiger partial charge is 0.327 e. The van der Waals surface area contributed by atoms with E-state index < -0.39 is 0 Å². The maximum Gasteiger partial charge on any atom is 0.0522 e. The van der Waals surface area contributed by atoms with E-state index in [2.05, 4.69) is 18.2 Å². The standard InChI is InChI=1S/C10H17N3/c1-2-13-7-8(6-12-13)5-10(11)9-3-4-9/h6-7,9-10H,2-5,11H2,1H3. The minimum Gasteiger partial charge on any atom is -0.327 e. The molecule has 0 spiro atoms. The lowest BCUT2D eigenvalue weighted by Gasteiger charge is -2.06. The number of nitrogens with two attached hydrogens (primary N) is 1. The molecular weight excluding hydrogens is 162 g/mol. The average molecular weight is 179 g/mol. The number of nitrogens with zero attached hydrogens (tertiary/aromatic N) is 2. The zero-order chi connectivity index (χ0) is 9.26. The second-order valence-electron chi connectivity index (χ2n) is 3.91. The van der Waals surface area contributed by atoms with Crippen molar-refractivity contribution in [2.75, 3.05) is 0 Å². The van der Waals surface area contributed by atoms with Crippen molar-refractivity contribution in [2.24, 2.45) is 11.7 Å². The van der Waals surface area contributed by atoms with Crippen LogP contribution in [0.2, 0.25) is 0 Å². The SMILES string of the molecule is CCn1cc(CC(N)C2CC2)cn1. The van der Waals surface area contributed by atoms with Crippen molar-refractivity contribution in [3.63, 3.8) is 0 Å². The molecule has 2 rings (SSSR count). The monoisotopic (exact) mass is 179 g/mol. The summed E-state index contributed by atoms with van der Waals surface area (Å²) in [7, 11) is 0. The van der Waals surface area contributed by atoms with Gasteiger partial charge in [0.2, 0.25) is 0 Å². The first kappa shape index (κ1) is 8.75. The van der Waals surface area contributed by atoms with Gasteiger partial charge in [-0.15, -0.1) is 0 Å². The Morgan fingerprint density at radius 1 is 1.69 bits per heavy atom. The highest BCUT2D eigenvalue weighted by molar-refractivity contribution is 5.07. The summed E-state index contributed by atoms with van der Waals surface area (Å²) >= 11 is 0. The van der Waals surface area contributed by atoms with Crippen LogP contribution in [0.5, 0.6) is 0 Å². The summed E-state index contributed by atoms with van der Waals surface area (Å²) < 4.78 is 1.95. The third-order valence-corrected chi connectivity index (χ3v) is 2.71. The van der Waals surface area contributed by atoms with Gasteiger partial charge in [0, 0.05) is 18.8 Å². The molecular formula is C10H17N3. The zero-order valence-corrected chi connectivity index (χ0v) is 8.11. The molecule has 3 heteroatoms. The Morgan fingerprint density at radius 3 is 3.00 bits per heavy atom. The Balaban J connectivity index is 1.92. The molecule has 1 aromatic heterocycles. The lowest BCUT2D eigenvalue weighted by atomic mass is 10.1. The molecule has 1 aliphatic rings. The van der Waals surface area contributed by atoms with Crippen LogP contribution >= 0.6 is 0 Å². The predicted molar refractivity (Wildman–Crippen MR) is 52.3 cm³/mol. The van der Waals surface area contributed by atoms with Crippen LogP contribution in [-0.2, 0) is 13.0 Å². The van der Waals surface area contributed by atoms with Gasteiger partial charge in [0.25, 0.3) is 0 Å². The van der Waals surface area contributed by atoms with Crippen molar-refractivity contribution in [1.29, 1.82) is 0 Å². The first-order valence-electron chi connectivity index (χ1n) is 5.06. The normalized spacial score (nSPS) is 18.9. The van der Waals surface area contributed by atoms with Gasteiger partial charge >= 0.3 is 0 Å². The third kappa shape index (κ3) is 2.10. The van der Waals surface area contributed by atoms with E-state index in [0.29, 0.717) is 6.04 Å². The highest BCUT2D eigenvalue weighted by atomic mass is 15.3. The Kier molecular flexibility index (Phi) is 2.36. The fourth-order valence-corrected chi connectivity index (χ4v) is 1.65. The molecule has 1 unspecified atom stereocenters. The predicted octanol–water partition coefficient (Wildman–Crippen LogP) is 1.18. The first-order valence-corrected chi connectivity index (χ1v) is 5.06. The fourth-order valence-electron chi connectivity index (χ4n) is 1.65. The summed E-state index contributed by atoms with van der Waals surface area (Å²) in [5.41, 5.74) is 7.30. The van der Waals surface area contributed by atoms with Crippen molar-refractivity contribution in [1.82, 2.24) is 9.78 Å². The topological polar surface area (TPSA) is 43.8 Å².